The van der Waals surface area contributed by atoms with Gasteiger partial charge in [-0.05, 0) is 37.1 Å². The van der Waals surface area contributed by atoms with Crippen molar-refractivity contribution in [2.75, 3.05) is 20.8 Å². The molecule has 0 bridgehead atoms. The first kappa shape index (κ1) is 22.9. The molecule has 0 aliphatic carbocycles. The summed E-state index contributed by atoms with van der Waals surface area (Å²) < 4.78 is 10.4. The number of benzene rings is 2. The lowest BCUT2D eigenvalue weighted by atomic mass is 10.1. The highest BCUT2D eigenvalue weighted by atomic mass is 127. The number of guanidine groups is 1. The largest absolute Gasteiger partial charge is 0.502 e. The summed E-state index contributed by atoms with van der Waals surface area (Å²) in [5.41, 5.74) is 3.31. The van der Waals surface area contributed by atoms with Crippen molar-refractivity contribution >= 4 is 29.9 Å². The second-order valence-electron chi connectivity index (χ2n) is 5.88. The molecular formula is C20H28IN3O3. The van der Waals surface area contributed by atoms with E-state index >= 15 is 0 Å². The lowest BCUT2D eigenvalue weighted by Crippen LogP contribution is -2.36. The molecule has 0 atom stereocenters. The highest BCUT2D eigenvalue weighted by Crippen LogP contribution is 2.37. The van der Waals surface area contributed by atoms with E-state index in [0.29, 0.717) is 24.6 Å². The maximum atomic E-state index is 9.99. The minimum Gasteiger partial charge on any atom is -0.502 e. The normalized spacial score (nSPS) is 10.7. The Bertz CT molecular complexity index is 724. The van der Waals surface area contributed by atoms with Gasteiger partial charge in [-0.2, -0.15) is 0 Å². The number of phenols is 1. The van der Waals surface area contributed by atoms with Crippen molar-refractivity contribution in [3.05, 3.63) is 53.1 Å². The third-order valence-electron chi connectivity index (χ3n) is 3.88. The SMILES string of the molecule is CCNC(=NCc1cc(OC)c(O)c(OC)c1)NCc1ccc(C)cc1.I. The lowest BCUT2D eigenvalue weighted by molar-refractivity contribution is 0.339. The Kier molecular flexibility index (Phi) is 9.77. The number of ether oxygens (including phenoxy) is 2. The van der Waals surface area contributed by atoms with E-state index in [-0.39, 0.29) is 29.7 Å². The molecular weight excluding hydrogens is 457 g/mol. The van der Waals surface area contributed by atoms with Crippen LogP contribution in [0.15, 0.2) is 41.4 Å². The van der Waals surface area contributed by atoms with Crippen molar-refractivity contribution in [3.8, 4) is 17.2 Å². The van der Waals surface area contributed by atoms with Crippen LogP contribution < -0.4 is 20.1 Å². The minimum absolute atomic E-state index is 0. The third kappa shape index (κ3) is 6.82. The average Bonchev–Trinajstić information content (AvgIpc) is 2.66. The summed E-state index contributed by atoms with van der Waals surface area (Å²) in [4.78, 5) is 4.60. The first-order valence-corrected chi connectivity index (χ1v) is 8.59. The highest BCUT2D eigenvalue weighted by molar-refractivity contribution is 14.0. The fourth-order valence-corrected chi connectivity index (χ4v) is 2.44. The molecule has 0 saturated heterocycles. The molecule has 3 N–H and O–H groups in total. The van der Waals surface area contributed by atoms with Gasteiger partial charge in [-0.15, -0.1) is 24.0 Å². The van der Waals surface area contributed by atoms with Crippen molar-refractivity contribution < 1.29 is 14.6 Å². The molecule has 6 nitrogen and oxygen atoms in total. The number of rotatable bonds is 7. The van der Waals surface area contributed by atoms with Crippen LogP contribution in [0.1, 0.15) is 23.6 Å². The summed E-state index contributed by atoms with van der Waals surface area (Å²) >= 11 is 0. The molecule has 2 rings (SSSR count). The Morgan fingerprint density at radius 2 is 1.59 bits per heavy atom. The van der Waals surface area contributed by atoms with Crippen LogP contribution in [0, 0.1) is 6.92 Å². The quantitative estimate of drug-likeness (QED) is 0.318. The van der Waals surface area contributed by atoms with E-state index in [1.807, 2.05) is 6.92 Å². The first-order valence-electron chi connectivity index (χ1n) is 8.59. The fraction of sp³-hybridized carbons (Fsp3) is 0.350. The number of nitrogens with zero attached hydrogens (tertiary/aromatic N) is 1. The number of methoxy groups -OCH3 is 2. The molecule has 0 aliphatic heterocycles. The predicted molar refractivity (Wildman–Crippen MR) is 119 cm³/mol. The molecule has 27 heavy (non-hydrogen) atoms. The molecule has 7 heteroatoms. The van der Waals surface area contributed by atoms with Gasteiger partial charge in [-0.3, -0.25) is 0 Å². The maximum absolute atomic E-state index is 9.99. The van der Waals surface area contributed by atoms with Gasteiger partial charge in [0.1, 0.15) is 0 Å². The third-order valence-corrected chi connectivity index (χ3v) is 3.88. The van der Waals surface area contributed by atoms with Crippen molar-refractivity contribution in [2.24, 2.45) is 4.99 Å². The minimum atomic E-state index is -0.00728. The second-order valence-corrected chi connectivity index (χ2v) is 5.88. The Labute approximate surface area is 178 Å². The Balaban J connectivity index is 0.00000364. The molecule has 0 spiro atoms. The Morgan fingerprint density at radius 1 is 1.00 bits per heavy atom. The van der Waals surface area contributed by atoms with Crippen LogP contribution >= 0.6 is 24.0 Å². The number of phenolic OH excluding ortho intramolecular Hbond substituents is 1. The van der Waals surface area contributed by atoms with Gasteiger partial charge in [-0.25, -0.2) is 4.99 Å². The molecule has 0 saturated carbocycles. The molecule has 148 valence electrons. The van der Waals surface area contributed by atoms with E-state index in [4.69, 9.17) is 9.47 Å². The molecule has 0 aromatic heterocycles. The van der Waals surface area contributed by atoms with Crippen LogP contribution in [0.5, 0.6) is 17.2 Å². The van der Waals surface area contributed by atoms with E-state index in [0.717, 1.165) is 18.1 Å². The van der Waals surface area contributed by atoms with Gasteiger partial charge >= 0.3 is 0 Å². The van der Waals surface area contributed by atoms with E-state index in [1.54, 1.807) is 12.1 Å². The first-order chi connectivity index (χ1) is 12.6. The molecule has 0 heterocycles. The monoisotopic (exact) mass is 485 g/mol. The highest BCUT2D eigenvalue weighted by Gasteiger charge is 2.11. The van der Waals surface area contributed by atoms with Crippen LogP contribution in [0.25, 0.3) is 0 Å². The van der Waals surface area contributed by atoms with Gasteiger partial charge in [0, 0.05) is 13.1 Å². The van der Waals surface area contributed by atoms with Crippen LogP contribution in [-0.4, -0.2) is 31.8 Å². The van der Waals surface area contributed by atoms with E-state index < -0.39 is 0 Å². The molecule has 0 amide bonds. The number of aryl methyl sites for hydroxylation is 1. The molecule has 0 radical (unpaired) electrons. The van der Waals surface area contributed by atoms with Crippen molar-refractivity contribution in [2.45, 2.75) is 26.9 Å². The van der Waals surface area contributed by atoms with E-state index in [1.165, 1.54) is 25.3 Å². The van der Waals surface area contributed by atoms with Crippen LogP contribution in [0.2, 0.25) is 0 Å². The van der Waals surface area contributed by atoms with E-state index in [2.05, 4.69) is 46.8 Å². The zero-order valence-electron chi connectivity index (χ0n) is 16.2. The van der Waals surface area contributed by atoms with Gasteiger partial charge < -0.3 is 25.2 Å². The van der Waals surface area contributed by atoms with Crippen LogP contribution in [0.3, 0.4) is 0 Å². The summed E-state index contributed by atoms with van der Waals surface area (Å²) in [6.07, 6.45) is 0. The van der Waals surface area contributed by atoms with E-state index in [9.17, 15) is 5.11 Å². The molecule has 0 fully saturated rings. The zero-order valence-corrected chi connectivity index (χ0v) is 18.5. The van der Waals surface area contributed by atoms with Gasteiger partial charge in [-0.1, -0.05) is 29.8 Å². The topological polar surface area (TPSA) is 75.1 Å². The summed E-state index contributed by atoms with van der Waals surface area (Å²) in [7, 11) is 3.02. The predicted octanol–water partition coefficient (Wildman–Crippen LogP) is 3.59. The number of aromatic hydroxyl groups is 1. The molecule has 2 aromatic rings. The second kappa shape index (κ2) is 11.5. The summed E-state index contributed by atoms with van der Waals surface area (Å²) in [5.74, 6) is 1.45. The molecule has 2 aromatic carbocycles. The summed E-state index contributed by atoms with van der Waals surface area (Å²) in [5, 5.41) is 16.5. The zero-order chi connectivity index (χ0) is 18.9. The average molecular weight is 485 g/mol. The summed E-state index contributed by atoms with van der Waals surface area (Å²) in [6.45, 7) is 5.98. The van der Waals surface area contributed by atoms with Gasteiger partial charge in [0.2, 0.25) is 5.75 Å². The number of hydrogen-bond donors (Lipinski definition) is 3. The number of aliphatic imine (C=N–C) groups is 1. The maximum Gasteiger partial charge on any atom is 0.200 e. The number of nitrogens with one attached hydrogen (secondary N) is 2. The van der Waals surface area contributed by atoms with Gasteiger partial charge in [0.15, 0.2) is 17.5 Å². The summed E-state index contributed by atoms with van der Waals surface area (Å²) in [6, 6.07) is 11.9. The molecule has 0 aliphatic rings. The van der Waals surface area contributed by atoms with Gasteiger partial charge in [0.05, 0.1) is 20.8 Å². The van der Waals surface area contributed by atoms with Crippen molar-refractivity contribution in [1.82, 2.24) is 10.6 Å². The lowest BCUT2D eigenvalue weighted by Gasteiger charge is -2.13. The number of hydrogen-bond acceptors (Lipinski definition) is 4. The van der Waals surface area contributed by atoms with Crippen LogP contribution in [0.4, 0.5) is 0 Å². The fourth-order valence-electron chi connectivity index (χ4n) is 2.44. The Hall–Kier alpha value is -2.16. The standard InChI is InChI=1S/C20H27N3O3.HI/c1-5-21-20(22-12-15-8-6-14(2)7-9-15)23-13-16-10-17(25-3)19(24)18(11-16)26-4;/h6-11,24H,5,12-13H2,1-4H3,(H2,21,22,23);1H. The number of halogens is 1. The van der Waals surface area contributed by atoms with Crippen LogP contribution in [-0.2, 0) is 13.1 Å². The smallest absolute Gasteiger partial charge is 0.200 e. The van der Waals surface area contributed by atoms with Crippen molar-refractivity contribution in [1.29, 1.82) is 0 Å². The van der Waals surface area contributed by atoms with Crippen molar-refractivity contribution in [3.63, 3.8) is 0 Å². The van der Waals surface area contributed by atoms with Gasteiger partial charge in [0.25, 0.3) is 0 Å². The Morgan fingerprint density at radius 3 is 2.11 bits per heavy atom. The molecule has 0 unspecified atom stereocenters.